The van der Waals surface area contributed by atoms with Crippen LogP contribution in [0.3, 0.4) is 0 Å². The number of nitrogens with two attached hydrogens (primary N) is 1. The molecule has 4 heteroatoms. The lowest BCUT2D eigenvalue weighted by molar-refractivity contribution is 0.239. The highest BCUT2D eigenvalue weighted by Gasteiger charge is 2.47. The summed E-state index contributed by atoms with van der Waals surface area (Å²) in [7, 11) is 0. The van der Waals surface area contributed by atoms with Gasteiger partial charge in [-0.25, -0.2) is 4.39 Å². The van der Waals surface area contributed by atoms with Crippen LogP contribution in [0.15, 0.2) is 22.7 Å². The van der Waals surface area contributed by atoms with E-state index in [4.69, 9.17) is 5.73 Å². The average Bonchev–Trinajstić information content (AvgIpc) is 2.60. The zero-order valence-electron chi connectivity index (χ0n) is 10.9. The quantitative estimate of drug-likeness (QED) is 0.887. The molecule has 1 saturated carbocycles. The second kappa shape index (κ2) is 4.82. The molecule has 1 fully saturated rings. The molecule has 0 heterocycles. The van der Waals surface area contributed by atoms with E-state index in [1.165, 1.54) is 18.9 Å². The fraction of sp³-hybridized carbons (Fsp3) is 0.571. The molecule has 1 atom stereocenters. The van der Waals surface area contributed by atoms with Crippen LogP contribution in [0.25, 0.3) is 0 Å². The molecule has 0 aromatic heterocycles. The van der Waals surface area contributed by atoms with E-state index in [2.05, 4.69) is 35.1 Å². The van der Waals surface area contributed by atoms with Crippen LogP contribution in [-0.4, -0.2) is 12.1 Å². The van der Waals surface area contributed by atoms with Crippen molar-refractivity contribution >= 4 is 21.6 Å². The Morgan fingerprint density at radius 2 is 2.11 bits per heavy atom. The number of hydrogen-bond donors (Lipinski definition) is 2. The lowest BCUT2D eigenvalue weighted by Gasteiger charge is -2.42. The summed E-state index contributed by atoms with van der Waals surface area (Å²) < 4.78 is 13.7. The molecule has 1 aliphatic carbocycles. The molecule has 1 aromatic rings. The first-order chi connectivity index (χ1) is 8.40. The monoisotopic (exact) mass is 314 g/mol. The minimum absolute atomic E-state index is 0.0930. The maximum absolute atomic E-state index is 13.2. The van der Waals surface area contributed by atoms with Gasteiger partial charge in [-0.05, 0) is 52.4 Å². The predicted octanol–water partition coefficient (Wildman–Crippen LogP) is 3.91. The van der Waals surface area contributed by atoms with Gasteiger partial charge >= 0.3 is 0 Å². The highest BCUT2D eigenvalue weighted by atomic mass is 79.9. The molecule has 0 radical (unpaired) electrons. The van der Waals surface area contributed by atoms with E-state index in [9.17, 15) is 4.39 Å². The molecule has 18 heavy (non-hydrogen) atoms. The molecule has 1 aromatic carbocycles. The van der Waals surface area contributed by atoms with Crippen LogP contribution >= 0.6 is 15.9 Å². The van der Waals surface area contributed by atoms with E-state index in [1.54, 1.807) is 12.1 Å². The molecule has 0 spiro atoms. The lowest BCUT2D eigenvalue weighted by Crippen LogP contribution is -2.53. The normalized spacial score (nSPS) is 26.3. The largest absolute Gasteiger partial charge is 0.378 e. The summed E-state index contributed by atoms with van der Waals surface area (Å²) in [6.45, 7) is 5.09. The van der Waals surface area contributed by atoms with Crippen LogP contribution in [0.2, 0.25) is 0 Å². The van der Waals surface area contributed by atoms with Crippen LogP contribution < -0.4 is 11.1 Å². The van der Waals surface area contributed by atoms with Crippen molar-refractivity contribution in [3.8, 4) is 0 Å². The minimum atomic E-state index is -0.243. The third-order valence-corrected chi connectivity index (χ3v) is 4.96. The summed E-state index contributed by atoms with van der Waals surface area (Å²) in [5, 5.41) is 3.54. The summed E-state index contributed by atoms with van der Waals surface area (Å²) in [5.74, 6) is -0.243. The first kappa shape index (κ1) is 13.8. The van der Waals surface area contributed by atoms with Crippen molar-refractivity contribution in [2.45, 2.75) is 38.6 Å². The second-order valence-electron chi connectivity index (χ2n) is 5.78. The molecular formula is C14H20BrFN2. The van der Waals surface area contributed by atoms with Crippen LogP contribution in [-0.2, 0) is 0 Å². The fourth-order valence-electron chi connectivity index (χ4n) is 2.92. The van der Waals surface area contributed by atoms with Crippen molar-refractivity contribution < 1.29 is 4.39 Å². The third-order valence-electron chi connectivity index (χ3n) is 4.35. The molecule has 1 aliphatic rings. The Balaban J connectivity index is 2.28. The number of anilines is 1. The first-order valence-corrected chi connectivity index (χ1v) is 7.13. The Morgan fingerprint density at radius 3 is 2.61 bits per heavy atom. The van der Waals surface area contributed by atoms with E-state index in [1.807, 2.05) is 0 Å². The van der Waals surface area contributed by atoms with Gasteiger partial charge in [0.1, 0.15) is 5.82 Å². The van der Waals surface area contributed by atoms with Gasteiger partial charge in [-0.15, -0.1) is 0 Å². The van der Waals surface area contributed by atoms with Gasteiger partial charge in [-0.1, -0.05) is 20.3 Å². The van der Waals surface area contributed by atoms with Gasteiger partial charge in [0.25, 0.3) is 0 Å². The van der Waals surface area contributed by atoms with Crippen molar-refractivity contribution in [1.82, 2.24) is 0 Å². The Labute approximate surface area is 116 Å². The molecule has 0 aliphatic heterocycles. The summed E-state index contributed by atoms with van der Waals surface area (Å²) in [4.78, 5) is 0. The van der Waals surface area contributed by atoms with Gasteiger partial charge in [0.15, 0.2) is 0 Å². The van der Waals surface area contributed by atoms with Crippen molar-refractivity contribution in [1.29, 1.82) is 0 Å². The molecule has 2 rings (SSSR count). The van der Waals surface area contributed by atoms with Crippen LogP contribution in [0.1, 0.15) is 33.1 Å². The minimum Gasteiger partial charge on any atom is -0.378 e. The lowest BCUT2D eigenvalue weighted by atomic mass is 9.74. The van der Waals surface area contributed by atoms with E-state index < -0.39 is 0 Å². The van der Waals surface area contributed by atoms with Gasteiger partial charge in [0.2, 0.25) is 0 Å². The molecule has 0 amide bonds. The Hall–Kier alpha value is -0.610. The molecular weight excluding hydrogens is 295 g/mol. The summed E-state index contributed by atoms with van der Waals surface area (Å²) in [5.41, 5.74) is 6.99. The highest BCUT2D eigenvalue weighted by molar-refractivity contribution is 9.10. The molecule has 1 unspecified atom stereocenters. The molecule has 0 saturated heterocycles. The first-order valence-electron chi connectivity index (χ1n) is 6.33. The average molecular weight is 315 g/mol. The smallest absolute Gasteiger partial charge is 0.137 e. The van der Waals surface area contributed by atoms with Gasteiger partial charge < -0.3 is 11.1 Å². The Bertz CT molecular complexity index is 447. The standard InChI is InChI=1S/C14H20BrFN2/c1-13(2)6-3-7-14(13,9-17)18-10-4-5-12(16)11(15)8-10/h4-5,8,18H,3,6-7,9,17H2,1-2H3. The maximum atomic E-state index is 13.2. The zero-order chi connectivity index (χ0) is 13.4. The number of halogens is 2. The van der Waals surface area contributed by atoms with Crippen LogP contribution in [0, 0.1) is 11.2 Å². The van der Waals surface area contributed by atoms with Crippen molar-refractivity contribution in [2.75, 3.05) is 11.9 Å². The topological polar surface area (TPSA) is 38.0 Å². The van der Waals surface area contributed by atoms with Crippen molar-refractivity contribution in [2.24, 2.45) is 11.1 Å². The molecule has 100 valence electrons. The van der Waals surface area contributed by atoms with E-state index in [0.29, 0.717) is 11.0 Å². The second-order valence-corrected chi connectivity index (χ2v) is 6.63. The van der Waals surface area contributed by atoms with Gasteiger partial charge in [0, 0.05) is 12.2 Å². The SMILES string of the molecule is CC1(C)CCCC1(CN)Nc1ccc(F)c(Br)c1. The van der Waals surface area contributed by atoms with Crippen LogP contribution in [0.4, 0.5) is 10.1 Å². The van der Waals surface area contributed by atoms with Crippen molar-refractivity contribution in [3.05, 3.63) is 28.5 Å². The predicted molar refractivity (Wildman–Crippen MR) is 77.1 cm³/mol. The van der Waals surface area contributed by atoms with E-state index in [0.717, 1.165) is 12.1 Å². The summed E-state index contributed by atoms with van der Waals surface area (Å²) in [6.07, 6.45) is 3.41. The summed E-state index contributed by atoms with van der Waals surface area (Å²) in [6, 6.07) is 5.02. The van der Waals surface area contributed by atoms with E-state index >= 15 is 0 Å². The zero-order valence-corrected chi connectivity index (χ0v) is 12.5. The molecule has 0 bridgehead atoms. The van der Waals surface area contributed by atoms with Gasteiger partial charge in [-0.2, -0.15) is 0 Å². The molecule has 2 nitrogen and oxygen atoms in total. The molecule has 3 N–H and O–H groups in total. The summed E-state index contributed by atoms with van der Waals surface area (Å²) >= 11 is 3.22. The maximum Gasteiger partial charge on any atom is 0.137 e. The number of nitrogens with one attached hydrogen (secondary N) is 1. The fourth-order valence-corrected chi connectivity index (χ4v) is 3.30. The highest BCUT2D eigenvalue weighted by Crippen LogP contribution is 2.47. The van der Waals surface area contributed by atoms with E-state index in [-0.39, 0.29) is 16.8 Å². The number of rotatable bonds is 3. The number of hydrogen-bond acceptors (Lipinski definition) is 2. The number of benzene rings is 1. The van der Waals surface area contributed by atoms with Crippen LogP contribution in [0.5, 0.6) is 0 Å². The van der Waals surface area contributed by atoms with Crippen molar-refractivity contribution in [3.63, 3.8) is 0 Å². The van der Waals surface area contributed by atoms with Gasteiger partial charge in [0.05, 0.1) is 10.0 Å². The Morgan fingerprint density at radius 1 is 1.39 bits per heavy atom. The third kappa shape index (κ3) is 2.28. The Kier molecular flexibility index (Phi) is 3.70. The van der Waals surface area contributed by atoms with Gasteiger partial charge in [-0.3, -0.25) is 0 Å².